The molecule has 0 aliphatic carbocycles. The number of carbonyl (C=O) groups excluding carboxylic acids is 3. The Morgan fingerprint density at radius 2 is 1.71 bits per heavy atom. The smallest absolute Gasteiger partial charge is 0.411 e. The molecule has 2 amide bonds. The second kappa shape index (κ2) is 12.6. The van der Waals surface area contributed by atoms with Gasteiger partial charge in [0.25, 0.3) is 0 Å². The van der Waals surface area contributed by atoms with Crippen molar-refractivity contribution in [1.82, 2.24) is 10.2 Å². The van der Waals surface area contributed by atoms with Crippen molar-refractivity contribution < 1.29 is 28.6 Å². The number of rotatable bonds is 9. The maximum Gasteiger partial charge on any atom is 0.411 e. The average molecular weight is 479 g/mol. The van der Waals surface area contributed by atoms with Crippen molar-refractivity contribution in [3.8, 4) is 0 Å². The number of ether oxygens (including phenoxy) is 3. The molecule has 34 heavy (non-hydrogen) atoms. The summed E-state index contributed by atoms with van der Waals surface area (Å²) in [6, 6.07) is -1.09. The van der Waals surface area contributed by atoms with Gasteiger partial charge in [0, 0.05) is 25.6 Å². The van der Waals surface area contributed by atoms with Gasteiger partial charge in [-0.25, -0.2) is 9.59 Å². The summed E-state index contributed by atoms with van der Waals surface area (Å²) >= 11 is 0. The van der Waals surface area contributed by atoms with Gasteiger partial charge < -0.3 is 19.5 Å². The van der Waals surface area contributed by atoms with Crippen LogP contribution < -0.4 is 5.32 Å². The van der Waals surface area contributed by atoms with Crippen LogP contribution in [-0.2, 0) is 23.8 Å². The van der Waals surface area contributed by atoms with Crippen molar-refractivity contribution in [3.63, 3.8) is 0 Å². The van der Waals surface area contributed by atoms with E-state index in [9.17, 15) is 14.4 Å². The molecule has 0 spiro atoms. The number of hydrogen-bond donors (Lipinski definition) is 1. The van der Waals surface area contributed by atoms with Gasteiger partial charge in [-0.05, 0) is 67.2 Å². The van der Waals surface area contributed by atoms with Crippen LogP contribution in [0.2, 0.25) is 0 Å². The fourth-order valence-corrected chi connectivity index (χ4v) is 3.75. The maximum atomic E-state index is 13.3. The molecule has 1 fully saturated rings. The highest BCUT2D eigenvalue weighted by atomic mass is 16.6. The van der Waals surface area contributed by atoms with E-state index in [0.29, 0.717) is 25.0 Å². The summed E-state index contributed by atoms with van der Waals surface area (Å²) in [5.41, 5.74) is -1.40. The third kappa shape index (κ3) is 10.0. The second-order valence-electron chi connectivity index (χ2n) is 10.4. The zero-order valence-electron chi connectivity index (χ0n) is 22.0. The van der Waals surface area contributed by atoms with E-state index in [0.717, 1.165) is 0 Å². The maximum absolute atomic E-state index is 13.3. The Morgan fingerprint density at radius 1 is 1.09 bits per heavy atom. The fraction of sp³-hybridized carbons (Fsp3) is 0.654. The van der Waals surface area contributed by atoms with Gasteiger partial charge in [-0.2, -0.15) is 0 Å². The van der Waals surface area contributed by atoms with Crippen LogP contribution in [0, 0.1) is 5.92 Å². The SMILES string of the molecule is C=CCOC(=CNC(C)=O)CC[C@@H]1[C@H](C=CC)C[C@H](C(=O)OC(C)(C)C)N1C(=O)OC(C)(C)C. The lowest BCUT2D eigenvalue weighted by molar-refractivity contribution is -0.160. The summed E-state index contributed by atoms with van der Waals surface area (Å²) in [5, 5.41) is 2.63. The lowest BCUT2D eigenvalue weighted by Crippen LogP contribution is -2.49. The molecule has 1 rings (SSSR count). The summed E-state index contributed by atoms with van der Waals surface area (Å²) in [6.07, 6.45) is 7.88. The van der Waals surface area contributed by atoms with E-state index < -0.39 is 29.3 Å². The van der Waals surface area contributed by atoms with Crippen molar-refractivity contribution in [1.29, 1.82) is 0 Å². The van der Waals surface area contributed by atoms with Crippen molar-refractivity contribution in [2.24, 2.45) is 5.92 Å². The quantitative estimate of drug-likeness (QED) is 0.289. The lowest BCUT2D eigenvalue weighted by atomic mass is 9.94. The molecular weight excluding hydrogens is 436 g/mol. The Balaban J connectivity index is 3.28. The third-order valence-electron chi connectivity index (χ3n) is 4.92. The first-order chi connectivity index (χ1) is 15.7. The molecule has 0 aromatic heterocycles. The monoisotopic (exact) mass is 478 g/mol. The van der Waals surface area contributed by atoms with E-state index >= 15 is 0 Å². The van der Waals surface area contributed by atoms with Gasteiger partial charge in [0.1, 0.15) is 29.6 Å². The summed E-state index contributed by atoms with van der Waals surface area (Å²) in [6.45, 7) is 18.0. The summed E-state index contributed by atoms with van der Waals surface area (Å²) in [7, 11) is 0. The van der Waals surface area contributed by atoms with Crippen LogP contribution in [0.5, 0.6) is 0 Å². The minimum atomic E-state index is -0.767. The number of hydrogen-bond acceptors (Lipinski definition) is 6. The van der Waals surface area contributed by atoms with E-state index in [1.54, 1.807) is 47.6 Å². The van der Waals surface area contributed by atoms with Gasteiger partial charge in [-0.1, -0.05) is 24.8 Å². The molecule has 1 aliphatic rings. The van der Waals surface area contributed by atoms with E-state index in [1.807, 2.05) is 19.1 Å². The van der Waals surface area contributed by atoms with Crippen molar-refractivity contribution in [2.45, 2.75) is 97.9 Å². The highest BCUT2D eigenvalue weighted by Crippen LogP contribution is 2.37. The van der Waals surface area contributed by atoms with Crippen LogP contribution in [-0.4, -0.2) is 52.8 Å². The zero-order chi connectivity index (χ0) is 26.1. The zero-order valence-corrected chi connectivity index (χ0v) is 22.0. The largest absolute Gasteiger partial charge is 0.492 e. The van der Waals surface area contributed by atoms with Crippen LogP contribution in [0.4, 0.5) is 4.79 Å². The number of carbonyl (C=O) groups is 3. The molecule has 0 radical (unpaired) electrons. The molecule has 0 bridgehead atoms. The predicted octanol–water partition coefficient (Wildman–Crippen LogP) is 4.86. The Morgan fingerprint density at radius 3 is 2.21 bits per heavy atom. The van der Waals surface area contributed by atoms with Crippen LogP contribution in [0.25, 0.3) is 0 Å². The topological polar surface area (TPSA) is 94.2 Å². The van der Waals surface area contributed by atoms with Gasteiger partial charge in [-0.3, -0.25) is 9.69 Å². The Bertz CT molecular complexity index is 788. The highest BCUT2D eigenvalue weighted by molar-refractivity contribution is 5.83. The van der Waals surface area contributed by atoms with Gasteiger partial charge >= 0.3 is 12.1 Å². The Hall–Kier alpha value is -2.77. The van der Waals surface area contributed by atoms with E-state index in [1.165, 1.54) is 18.0 Å². The average Bonchev–Trinajstić information content (AvgIpc) is 3.03. The van der Waals surface area contributed by atoms with E-state index in [-0.39, 0.29) is 24.5 Å². The first kappa shape index (κ1) is 29.3. The molecule has 1 heterocycles. The molecule has 192 valence electrons. The summed E-state index contributed by atoms with van der Waals surface area (Å²) < 4.78 is 17.0. The van der Waals surface area contributed by atoms with Crippen LogP contribution in [0.15, 0.2) is 36.8 Å². The molecule has 1 saturated heterocycles. The second-order valence-corrected chi connectivity index (χ2v) is 10.4. The molecule has 3 atom stereocenters. The van der Waals surface area contributed by atoms with Crippen LogP contribution >= 0.6 is 0 Å². The van der Waals surface area contributed by atoms with Gasteiger partial charge in [0.05, 0.1) is 0 Å². The molecule has 0 saturated carbocycles. The number of amides is 2. The summed E-state index contributed by atoms with van der Waals surface area (Å²) in [5.74, 6) is -0.185. The predicted molar refractivity (Wildman–Crippen MR) is 132 cm³/mol. The van der Waals surface area contributed by atoms with Crippen molar-refractivity contribution >= 4 is 18.0 Å². The molecule has 0 aromatic carbocycles. The first-order valence-corrected chi connectivity index (χ1v) is 11.7. The normalized spacial score (nSPS) is 21.4. The van der Waals surface area contributed by atoms with Crippen molar-refractivity contribution in [2.75, 3.05) is 6.61 Å². The molecule has 0 aromatic rings. The number of nitrogens with one attached hydrogen (secondary N) is 1. The van der Waals surface area contributed by atoms with Crippen LogP contribution in [0.3, 0.4) is 0 Å². The lowest BCUT2D eigenvalue weighted by Gasteiger charge is -2.33. The standard InChI is InChI=1S/C26H42N2O6/c1-10-12-19-16-22(23(30)33-25(4,5)6)28(24(31)34-26(7,8)9)21(19)14-13-20(32-15-11-2)17-27-18(3)29/h10-12,17,19,21-22H,2,13-16H2,1,3-9H3,(H,27,29)/t19-,21-,22-/m1/s1. The minimum absolute atomic E-state index is 0.0727. The number of allylic oxidation sites excluding steroid dienone is 2. The third-order valence-corrected chi connectivity index (χ3v) is 4.92. The fourth-order valence-electron chi connectivity index (χ4n) is 3.75. The molecule has 1 aliphatic heterocycles. The number of esters is 1. The Labute approximate surface area is 204 Å². The Kier molecular flexibility index (Phi) is 10.9. The molecule has 0 unspecified atom stereocenters. The molecular formula is C26H42N2O6. The molecule has 8 heteroatoms. The summed E-state index contributed by atoms with van der Waals surface area (Å²) in [4.78, 5) is 39.3. The minimum Gasteiger partial charge on any atom is -0.492 e. The first-order valence-electron chi connectivity index (χ1n) is 11.7. The molecule has 1 N–H and O–H groups in total. The number of nitrogens with zero attached hydrogens (tertiary/aromatic N) is 1. The van der Waals surface area contributed by atoms with Gasteiger partial charge in [0.2, 0.25) is 5.91 Å². The molecule has 8 nitrogen and oxygen atoms in total. The van der Waals surface area contributed by atoms with Crippen LogP contribution in [0.1, 0.15) is 74.7 Å². The van der Waals surface area contributed by atoms with E-state index in [4.69, 9.17) is 14.2 Å². The highest BCUT2D eigenvalue weighted by Gasteiger charge is 2.48. The van der Waals surface area contributed by atoms with E-state index in [2.05, 4.69) is 11.9 Å². The van der Waals surface area contributed by atoms with Gasteiger partial charge in [0.15, 0.2) is 0 Å². The number of likely N-dealkylation sites (tertiary alicyclic amines) is 1. The van der Waals surface area contributed by atoms with Crippen molar-refractivity contribution in [3.05, 3.63) is 36.8 Å². The van der Waals surface area contributed by atoms with Gasteiger partial charge in [-0.15, -0.1) is 0 Å².